The minimum absolute atomic E-state index is 0.00620. The highest BCUT2D eigenvalue weighted by Crippen LogP contribution is 2.42. The number of nitrogens with zero attached hydrogens (tertiary/aromatic N) is 2. The third kappa shape index (κ3) is 2.58. The third-order valence-corrected chi connectivity index (χ3v) is 4.11. The van der Waals surface area contributed by atoms with Crippen LogP contribution in [0.1, 0.15) is 24.8 Å². The SMILES string of the molecule is CN(Cc1cccc(Cl)c1)C(=O)C1(/C(N)=N/O)CCC1. The molecular weight excluding hydrogens is 278 g/mol. The molecule has 2 rings (SSSR count). The van der Waals surface area contributed by atoms with E-state index < -0.39 is 5.41 Å². The average Bonchev–Trinajstić information content (AvgIpc) is 2.37. The van der Waals surface area contributed by atoms with Crippen molar-refractivity contribution in [1.29, 1.82) is 0 Å². The number of amidine groups is 1. The van der Waals surface area contributed by atoms with Crippen molar-refractivity contribution < 1.29 is 10.0 Å². The minimum Gasteiger partial charge on any atom is -0.409 e. The molecule has 0 aromatic heterocycles. The fourth-order valence-corrected chi connectivity index (χ4v) is 2.76. The molecule has 0 heterocycles. The normalized spacial score (nSPS) is 17.4. The van der Waals surface area contributed by atoms with Crippen molar-refractivity contribution in [3.63, 3.8) is 0 Å². The van der Waals surface area contributed by atoms with Crippen LogP contribution < -0.4 is 5.73 Å². The van der Waals surface area contributed by atoms with Crippen molar-refractivity contribution in [1.82, 2.24) is 4.90 Å². The van der Waals surface area contributed by atoms with Crippen molar-refractivity contribution in [3.8, 4) is 0 Å². The number of hydrogen-bond acceptors (Lipinski definition) is 3. The Morgan fingerprint density at radius 3 is 2.75 bits per heavy atom. The lowest BCUT2D eigenvalue weighted by molar-refractivity contribution is -0.141. The molecule has 0 bridgehead atoms. The number of carbonyl (C=O) groups is 1. The van der Waals surface area contributed by atoms with E-state index in [4.69, 9.17) is 22.5 Å². The zero-order valence-corrected chi connectivity index (χ0v) is 12.1. The first-order chi connectivity index (χ1) is 9.49. The summed E-state index contributed by atoms with van der Waals surface area (Å²) >= 11 is 5.93. The maximum absolute atomic E-state index is 12.6. The molecule has 1 aromatic carbocycles. The van der Waals surface area contributed by atoms with Crippen LogP contribution in [0.3, 0.4) is 0 Å². The van der Waals surface area contributed by atoms with Gasteiger partial charge >= 0.3 is 0 Å². The number of benzene rings is 1. The third-order valence-electron chi connectivity index (χ3n) is 3.87. The first kappa shape index (κ1) is 14.7. The second-order valence-electron chi connectivity index (χ2n) is 5.21. The molecule has 20 heavy (non-hydrogen) atoms. The van der Waals surface area contributed by atoms with Crippen LogP contribution in [-0.2, 0) is 11.3 Å². The van der Waals surface area contributed by atoms with Crippen LogP contribution in [0.5, 0.6) is 0 Å². The molecule has 0 aliphatic heterocycles. The van der Waals surface area contributed by atoms with Crippen molar-refractivity contribution in [2.45, 2.75) is 25.8 Å². The van der Waals surface area contributed by atoms with Gasteiger partial charge < -0.3 is 15.8 Å². The molecule has 1 amide bonds. The van der Waals surface area contributed by atoms with E-state index in [1.807, 2.05) is 18.2 Å². The Labute approximate surface area is 123 Å². The van der Waals surface area contributed by atoms with E-state index in [2.05, 4.69) is 5.16 Å². The molecule has 1 aromatic rings. The van der Waals surface area contributed by atoms with Gasteiger partial charge in [0.05, 0.1) is 0 Å². The fraction of sp³-hybridized carbons (Fsp3) is 0.429. The van der Waals surface area contributed by atoms with E-state index in [0.29, 0.717) is 24.4 Å². The average molecular weight is 296 g/mol. The van der Waals surface area contributed by atoms with Gasteiger partial charge in [-0.05, 0) is 30.5 Å². The molecule has 1 aliphatic rings. The van der Waals surface area contributed by atoms with Crippen LogP contribution >= 0.6 is 11.6 Å². The summed E-state index contributed by atoms with van der Waals surface area (Å²) in [7, 11) is 1.72. The van der Waals surface area contributed by atoms with Crippen molar-refractivity contribution in [2.24, 2.45) is 16.3 Å². The maximum Gasteiger partial charge on any atom is 0.236 e. The molecule has 0 radical (unpaired) electrons. The number of oxime groups is 1. The van der Waals surface area contributed by atoms with Gasteiger partial charge in [-0.1, -0.05) is 35.3 Å². The maximum atomic E-state index is 12.6. The Morgan fingerprint density at radius 2 is 2.25 bits per heavy atom. The van der Waals surface area contributed by atoms with Crippen LogP contribution in [0.2, 0.25) is 5.02 Å². The Morgan fingerprint density at radius 1 is 1.55 bits per heavy atom. The summed E-state index contributed by atoms with van der Waals surface area (Å²) in [5, 5.41) is 12.5. The first-order valence-corrected chi connectivity index (χ1v) is 6.85. The van der Waals surface area contributed by atoms with Crippen LogP contribution in [0, 0.1) is 5.41 Å². The van der Waals surface area contributed by atoms with Gasteiger partial charge in [-0.3, -0.25) is 4.79 Å². The Bertz CT molecular complexity index is 541. The lowest BCUT2D eigenvalue weighted by atomic mass is 9.67. The van der Waals surface area contributed by atoms with Gasteiger partial charge in [0.25, 0.3) is 0 Å². The topological polar surface area (TPSA) is 78.9 Å². The zero-order valence-electron chi connectivity index (χ0n) is 11.3. The van der Waals surface area contributed by atoms with Crippen LogP contribution in [0.25, 0.3) is 0 Å². The number of carbonyl (C=O) groups excluding carboxylic acids is 1. The van der Waals surface area contributed by atoms with Gasteiger partial charge in [0, 0.05) is 18.6 Å². The summed E-state index contributed by atoms with van der Waals surface area (Å²) in [5.74, 6) is -0.106. The number of rotatable bonds is 4. The molecule has 6 heteroatoms. The fourth-order valence-electron chi connectivity index (χ4n) is 2.55. The summed E-state index contributed by atoms with van der Waals surface area (Å²) in [6, 6.07) is 7.37. The van der Waals surface area contributed by atoms with E-state index in [0.717, 1.165) is 12.0 Å². The molecule has 3 N–H and O–H groups in total. The van der Waals surface area contributed by atoms with E-state index in [1.54, 1.807) is 18.0 Å². The highest BCUT2D eigenvalue weighted by Gasteiger charge is 2.49. The predicted molar refractivity (Wildman–Crippen MR) is 77.6 cm³/mol. The van der Waals surface area contributed by atoms with E-state index >= 15 is 0 Å². The first-order valence-electron chi connectivity index (χ1n) is 6.47. The standard InChI is InChI=1S/C14H18ClN3O2/c1-18(9-10-4-2-5-11(15)8-10)13(19)14(6-3-7-14)12(16)17-20/h2,4-5,8,20H,3,6-7,9H2,1H3,(H2,16,17). The smallest absolute Gasteiger partial charge is 0.236 e. The Kier molecular flexibility index (Phi) is 4.18. The van der Waals surface area contributed by atoms with Gasteiger partial charge in [-0.15, -0.1) is 0 Å². The number of nitrogens with two attached hydrogens (primary N) is 1. The molecule has 1 aliphatic carbocycles. The molecule has 108 valence electrons. The molecule has 5 nitrogen and oxygen atoms in total. The summed E-state index contributed by atoms with van der Waals surface area (Å²) in [4.78, 5) is 14.2. The van der Waals surface area contributed by atoms with Crippen molar-refractivity contribution in [2.75, 3.05) is 7.05 Å². The van der Waals surface area contributed by atoms with Crippen LogP contribution in [-0.4, -0.2) is 28.9 Å². The van der Waals surface area contributed by atoms with Gasteiger partial charge in [-0.25, -0.2) is 0 Å². The molecule has 0 spiro atoms. The summed E-state index contributed by atoms with van der Waals surface area (Å²) < 4.78 is 0. The van der Waals surface area contributed by atoms with Crippen LogP contribution in [0.4, 0.5) is 0 Å². The van der Waals surface area contributed by atoms with Gasteiger partial charge in [0.1, 0.15) is 5.41 Å². The Balaban J connectivity index is 2.12. The number of amides is 1. The highest BCUT2D eigenvalue weighted by molar-refractivity contribution is 6.30. The van der Waals surface area contributed by atoms with Crippen molar-refractivity contribution >= 4 is 23.3 Å². The largest absolute Gasteiger partial charge is 0.409 e. The summed E-state index contributed by atoms with van der Waals surface area (Å²) in [5.41, 5.74) is 5.82. The second-order valence-corrected chi connectivity index (χ2v) is 5.65. The highest BCUT2D eigenvalue weighted by atomic mass is 35.5. The van der Waals surface area contributed by atoms with E-state index in [1.165, 1.54) is 0 Å². The molecule has 0 unspecified atom stereocenters. The van der Waals surface area contributed by atoms with Gasteiger partial charge in [0.2, 0.25) is 5.91 Å². The van der Waals surface area contributed by atoms with Crippen LogP contribution in [0.15, 0.2) is 29.4 Å². The number of hydrogen-bond donors (Lipinski definition) is 2. The van der Waals surface area contributed by atoms with Gasteiger partial charge in [0.15, 0.2) is 5.84 Å². The molecule has 1 saturated carbocycles. The lowest BCUT2D eigenvalue weighted by Crippen LogP contribution is -2.54. The van der Waals surface area contributed by atoms with E-state index in [-0.39, 0.29) is 11.7 Å². The number of halogens is 1. The summed E-state index contributed by atoms with van der Waals surface area (Å²) in [6.07, 6.45) is 2.16. The van der Waals surface area contributed by atoms with Crippen molar-refractivity contribution in [3.05, 3.63) is 34.9 Å². The molecule has 0 atom stereocenters. The minimum atomic E-state index is -0.831. The second kappa shape index (κ2) is 5.71. The lowest BCUT2D eigenvalue weighted by Gasteiger charge is -2.41. The molecule has 1 fully saturated rings. The van der Waals surface area contributed by atoms with Gasteiger partial charge in [-0.2, -0.15) is 0 Å². The van der Waals surface area contributed by atoms with E-state index in [9.17, 15) is 4.79 Å². The monoisotopic (exact) mass is 295 g/mol. The molecule has 0 saturated heterocycles. The molecular formula is C14H18ClN3O2. The zero-order chi connectivity index (χ0) is 14.8. The Hall–Kier alpha value is -1.75. The summed E-state index contributed by atoms with van der Waals surface area (Å²) in [6.45, 7) is 0.444. The quantitative estimate of drug-likeness (QED) is 0.387. The predicted octanol–water partition coefficient (Wildman–Crippen LogP) is 2.22.